The van der Waals surface area contributed by atoms with E-state index in [2.05, 4.69) is 15.9 Å². The third kappa shape index (κ3) is 4.11. The first-order valence-electron chi connectivity index (χ1n) is 4.34. The maximum Gasteiger partial charge on any atom is 0.394 e. The molecule has 1 aromatic carbocycles. The molecule has 0 bridgehead atoms. The van der Waals surface area contributed by atoms with Gasteiger partial charge in [-0.3, -0.25) is 0 Å². The summed E-state index contributed by atoms with van der Waals surface area (Å²) in [5, 5.41) is 0. The van der Waals surface area contributed by atoms with Crippen LogP contribution in [0.2, 0.25) is 0 Å². The molecule has 1 nitrogen and oxygen atoms in total. The Balaban J connectivity index is 2.47. The minimum absolute atomic E-state index is 0.356. The zero-order chi connectivity index (χ0) is 11.5. The van der Waals surface area contributed by atoms with Crippen molar-refractivity contribution >= 4 is 15.9 Å². The minimum Gasteiger partial charge on any atom is -0.493 e. The standard InChI is InChI=1S/C10H10BrF3O/c1-7(10(12,13)14)6-15-9-4-2-8(11)3-5-9/h2-5,7H,6H2,1H3. The highest BCUT2D eigenvalue weighted by molar-refractivity contribution is 9.10. The summed E-state index contributed by atoms with van der Waals surface area (Å²) in [4.78, 5) is 0. The van der Waals surface area contributed by atoms with E-state index in [9.17, 15) is 13.2 Å². The van der Waals surface area contributed by atoms with Crippen LogP contribution in [-0.2, 0) is 0 Å². The van der Waals surface area contributed by atoms with Gasteiger partial charge >= 0.3 is 6.18 Å². The lowest BCUT2D eigenvalue weighted by atomic mass is 10.2. The molecule has 5 heteroatoms. The van der Waals surface area contributed by atoms with Gasteiger partial charge in [0, 0.05) is 4.47 Å². The van der Waals surface area contributed by atoms with Crippen molar-refractivity contribution in [3.63, 3.8) is 0 Å². The van der Waals surface area contributed by atoms with E-state index < -0.39 is 12.1 Å². The molecule has 0 spiro atoms. The fraction of sp³-hybridized carbons (Fsp3) is 0.400. The molecule has 1 rings (SSSR count). The normalized spacial score (nSPS) is 13.7. The summed E-state index contributed by atoms with van der Waals surface area (Å²) < 4.78 is 42.3. The highest BCUT2D eigenvalue weighted by Gasteiger charge is 2.36. The molecule has 0 saturated heterocycles. The van der Waals surface area contributed by atoms with E-state index in [-0.39, 0.29) is 6.61 Å². The van der Waals surface area contributed by atoms with Crippen molar-refractivity contribution in [2.24, 2.45) is 5.92 Å². The Bertz CT molecular complexity index is 307. The second-order valence-electron chi connectivity index (χ2n) is 3.21. The molecule has 15 heavy (non-hydrogen) atoms. The first-order chi connectivity index (χ1) is 6.89. The van der Waals surface area contributed by atoms with Crippen molar-refractivity contribution in [2.45, 2.75) is 13.1 Å². The topological polar surface area (TPSA) is 9.23 Å². The SMILES string of the molecule is CC(COc1ccc(Br)cc1)C(F)(F)F. The van der Waals surface area contributed by atoms with Crippen LogP contribution in [0.3, 0.4) is 0 Å². The predicted molar refractivity (Wildman–Crippen MR) is 54.9 cm³/mol. The van der Waals surface area contributed by atoms with E-state index in [0.29, 0.717) is 5.75 Å². The summed E-state index contributed by atoms with van der Waals surface area (Å²) >= 11 is 3.22. The second kappa shape index (κ2) is 4.88. The van der Waals surface area contributed by atoms with Crippen molar-refractivity contribution in [1.29, 1.82) is 0 Å². The van der Waals surface area contributed by atoms with Crippen molar-refractivity contribution < 1.29 is 17.9 Å². The van der Waals surface area contributed by atoms with Crippen LogP contribution < -0.4 is 4.74 Å². The van der Waals surface area contributed by atoms with Crippen molar-refractivity contribution in [2.75, 3.05) is 6.61 Å². The first-order valence-corrected chi connectivity index (χ1v) is 5.14. The Labute approximate surface area is 94.4 Å². The number of benzene rings is 1. The van der Waals surface area contributed by atoms with Gasteiger partial charge in [-0.25, -0.2) is 0 Å². The van der Waals surface area contributed by atoms with Gasteiger partial charge in [-0.15, -0.1) is 0 Å². The molecule has 1 atom stereocenters. The molecule has 0 aliphatic carbocycles. The molecule has 0 aliphatic rings. The number of hydrogen-bond acceptors (Lipinski definition) is 1. The quantitative estimate of drug-likeness (QED) is 0.814. The van der Waals surface area contributed by atoms with Crippen LogP contribution in [0.5, 0.6) is 5.75 Å². The third-order valence-corrected chi connectivity index (χ3v) is 2.40. The number of hydrogen-bond donors (Lipinski definition) is 0. The Morgan fingerprint density at radius 1 is 1.27 bits per heavy atom. The van der Waals surface area contributed by atoms with Gasteiger partial charge in [-0.2, -0.15) is 13.2 Å². The predicted octanol–water partition coefficient (Wildman–Crippen LogP) is 4.03. The first kappa shape index (κ1) is 12.4. The van der Waals surface area contributed by atoms with Gasteiger partial charge in [0.1, 0.15) is 5.75 Å². The van der Waals surface area contributed by atoms with Crippen molar-refractivity contribution in [3.05, 3.63) is 28.7 Å². The summed E-state index contributed by atoms with van der Waals surface area (Å²) in [5.74, 6) is -1.02. The molecule has 0 saturated carbocycles. The second-order valence-corrected chi connectivity index (χ2v) is 4.12. The molecular weight excluding hydrogens is 273 g/mol. The Morgan fingerprint density at radius 3 is 2.27 bits per heavy atom. The van der Waals surface area contributed by atoms with Crippen LogP contribution >= 0.6 is 15.9 Å². The highest BCUT2D eigenvalue weighted by Crippen LogP contribution is 2.26. The van der Waals surface area contributed by atoms with Crippen LogP contribution in [0.1, 0.15) is 6.92 Å². The van der Waals surface area contributed by atoms with E-state index in [1.807, 2.05) is 0 Å². The zero-order valence-corrected chi connectivity index (χ0v) is 9.60. The Morgan fingerprint density at radius 2 is 1.80 bits per heavy atom. The van der Waals surface area contributed by atoms with Gasteiger partial charge in [-0.1, -0.05) is 22.9 Å². The van der Waals surface area contributed by atoms with Crippen LogP contribution in [0, 0.1) is 5.92 Å². The van der Waals surface area contributed by atoms with Gasteiger partial charge in [0.2, 0.25) is 0 Å². The van der Waals surface area contributed by atoms with Crippen LogP contribution in [0.4, 0.5) is 13.2 Å². The van der Waals surface area contributed by atoms with Crippen LogP contribution in [0.25, 0.3) is 0 Å². The number of ether oxygens (including phenoxy) is 1. The summed E-state index contributed by atoms with van der Waals surface area (Å²) in [6, 6.07) is 6.67. The summed E-state index contributed by atoms with van der Waals surface area (Å²) in [5.41, 5.74) is 0. The lowest BCUT2D eigenvalue weighted by molar-refractivity contribution is -0.176. The van der Waals surface area contributed by atoms with E-state index >= 15 is 0 Å². The molecule has 84 valence electrons. The molecule has 1 aromatic rings. The van der Waals surface area contributed by atoms with E-state index in [4.69, 9.17) is 4.74 Å². The van der Waals surface area contributed by atoms with Gasteiger partial charge in [0.05, 0.1) is 12.5 Å². The van der Waals surface area contributed by atoms with Gasteiger partial charge in [0.15, 0.2) is 0 Å². The molecule has 0 fully saturated rings. The molecule has 0 aliphatic heterocycles. The van der Waals surface area contributed by atoms with E-state index in [1.54, 1.807) is 24.3 Å². The maximum atomic E-state index is 12.1. The van der Waals surface area contributed by atoms with Crippen molar-refractivity contribution in [1.82, 2.24) is 0 Å². The molecule has 1 unspecified atom stereocenters. The number of rotatable bonds is 3. The van der Waals surface area contributed by atoms with Gasteiger partial charge in [0.25, 0.3) is 0 Å². The Kier molecular flexibility index (Phi) is 4.02. The van der Waals surface area contributed by atoms with Crippen LogP contribution in [0.15, 0.2) is 28.7 Å². The average Bonchev–Trinajstić information content (AvgIpc) is 2.15. The lowest BCUT2D eigenvalue weighted by Gasteiger charge is -2.16. The average molecular weight is 283 g/mol. The summed E-state index contributed by atoms with van der Waals surface area (Å²) in [6.45, 7) is 0.740. The molecule has 0 heterocycles. The molecular formula is C10H10BrF3O. The van der Waals surface area contributed by atoms with E-state index in [1.165, 1.54) is 0 Å². The molecule has 0 amide bonds. The van der Waals surface area contributed by atoms with Crippen molar-refractivity contribution in [3.8, 4) is 5.75 Å². The van der Waals surface area contributed by atoms with Gasteiger partial charge in [-0.05, 0) is 24.3 Å². The molecule has 0 aromatic heterocycles. The lowest BCUT2D eigenvalue weighted by Crippen LogP contribution is -2.25. The third-order valence-electron chi connectivity index (χ3n) is 1.87. The fourth-order valence-corrected chi connectivity index (χ4v) is 1.11. The van der Waals surface area contributed by atoms with Crippen LogP contribution in [-0.4, -0.2) is 12.8 Å². The summed E-state index contributed by atoms with van der Waals surface area (Å²) in [6.07, 6.45) is -4.20. The smallest absolute Gasteiger partial charge is 0.394 e. The Hall–Kier alpha value is -0.710. The molecule has 0 radical (unpaired) electrons. The molecule has 0 N–H and O–H groups in total. The fourth-order valence-electron chi connectivity index (χ4n) is 0.847. The minimum atomic E-state index is -4.20. The largest absolute Gasteiger partial charge is 0.493 e. The highest BCUT2D eigenvalue weighted by atomic mass is 79.9. The van der Waals surface area contributed by atoms with E-state index in [0.717, 1.165) is 11.4 Å². The monoisotopic (exact) mass is 282 g/mol. The zero-order valence-electron chi connectivity index (χ0n) is 8.01. The number of alkyl halides is 3. The van der Waals surface area contributed by atoms with Gasteiger partial charge < -0.3 is 4.74 Å². The number of halogens is 4. The maximum absolute atomic E-state index is 12.1. The summed E-state index contributed by atoms with van der Waals surface area (Å²) in [7, 11) is 0.